The normalized spacial score (nSPS) is 21.1. The molecule has 1 rings (SSSR count). The van der Waals surface area contributed by atoms with Gasteiger partial charge < -0.3 is 10.2 Å². The first-order valence-electron chi connectivity index (χ1n) is 3.57. The van der Waals surface area contributed by atoms with Crippen LogP contribution < -0.4 is 0 Å². The molecule has 1 aliphatic carbocycles. The van der Waals surface area contributed by atoms with Gasteiger partial charge in [0.15, 0.2) is 0 Å². The third kappa shape index (κ3) is 1.84. The molecule has 1 unspecified atom stereocenters. The van der Waals surface area contributed by atoms with Gasteiger partial charge in [-0.15, -0.1) is 0 Å². The molecule has 0 aliphatic heterocycles. The summed E-state index contributed by atoms with van der Waals surface area (Å²) in [5.41, 5.74) is 0.343. The Morgan fingerprint density at radius 1 is 1.38 bits per heavy atom. The molecule has 4 heteroatoms. The van der Waals surface area contributed by atoms with Gasteiger partial charge in [0.2, 0.25) is 0 Å². The van der Waals surface area contributed by atoms with Gasteiger partial charge in [0.1, 0.15) is 0 Å². The van der Waals surface area contributed by atoms with E-state index < -0.39 is 17.9 Å². The van der Waals surface area contributed by atoms with Gasteiger partial charge in [0.25, 0.3) is 0 Å². The fourth-order valence-electron chi connectivity index (χ4n) is 1.04. The third-order valence-corrected chi connectivity index (χ3v) is 1.72. The van der Waals surface area contributed by atoms with E-state index in [1.54, 1.807) is 0 Å². The highest BCUT2D eigenvalue weighted by Crippen LogP contribution is 2.20. The van der Waals surface area contributed by atoms with Gasteiger partial charge >= 0.3 is 11.9 Å². The zero-order valence-corrected chi connectivity index (χ0v) is 6.73. The molecule has 2 N–H and O–H groups in total. The highest BCUT2D eigenvalue weighted by atomic mass is 16.4. The van der Waals surface area contributed by atoms with E-state index in [-0.39, 0.29) is 11.1 Å². The zero-order chi connectivity index (χ0) is 10.0. The predicted molar refractivity (Wildman–Crippen MR) is 45.1 cm³/mol. The molecule has 0 aromatic carbocycles. The zero-order valence-electron chi connectivity index (χ0n) is 6.73. The SMILES string of the molecule is C=C1C=C(C(=O)O)C=CC1C(=O)O. The molecule has 0 spiro atoms. The van der Waals surface area contributed by atoms with Crippen molar-refractivity contribution in [2.45, 2.75) is 0 Å². The van der Waals surface area contributed by atoms with E-state index in [0.29, 0.717) is 0 Å². The van der Waals surface area contributed by atoms with Crippen molar-refractivity contribution in [3.63, 3.8) is 0 Å². The minimum Gasteiger partial charge on any atom is -0.481 e. The van der Waals surface area contributed by atoms with Crippen LogP contribution in [0.15, 0.2) is 36.0 Å². The summed E-state index contributed by atoms with van der Waals surface area (Å²) in [5, 5.41) is 17.2. The summed E-state index contributed by atoms with van der Waals surface area (Å²) in [6, 6.07) is 0. The molecule has 0 saturated carbocycles. The van der Waals surface area contributed by atoms with Gasteiger partial charge in [-0.3, -0.25) is 4.79 Å². The topological polar surface area (TPSA) is 74.6 Å². The van der Waals surface area contributed by atoms with Gasteiger partial charge in [-0.25, -0.2) is 4.79 Å². The molecular weight excluding hydrogens is 172 g/mol. The molecule has 68 valence electrons. The van der Waals surface area contributed by atoms with Crippen LogP contribution >= 0.6 is 0 Å². The Hall–Kier alpha value is -1.84. The molecule has 0 bridgehead atoms. The standard InChI is InChI=1S/C9H8O4/c1-5-4-6(8(10)11)2-3-7(5)9(12)13/h2-4,7H,1H2,(H,10,11)(H,12,13). The molecule has 0 fully saturated rings. The number of carboxylic acid groups (broad SMARTS) is 2. The molecule has 0 heterocycles. The Kier molecular flexibility index (Phi) is 2.32. The van der Waals surface area contributed by atoms with E-state index in [9.17, 15) is 9.59 Å². The van der Waals surface area contributed by atoms with E-state index in [0.717, 1.165) is 0 Å². The molecule has 0 aromatic rings. The second-order valence-electron chi connectivity index (χ2n) is 2.65. The smallest absolute Gasteiger partial charge is 0.335 e. The van der Waals surface area contributed by atoms with Gasteiger partial charge in [0, 0.05) is 0 Å². The molecule has 1 aliphatic rings. The maximum atomic E-state index is 10.6. The van der Waals surface area contributed by atoms with Crippen molar-refractivity contribution >= 4 is 11.9 Å². The van der Waals surface area contributed by atoms with Crippen LogP contribution in [-0.2, 0) is 9.59 Å². The summed E-state index contributed by atoms with van der Waals surface area (Å²) in [7, 11) is 0. The molecule has 13 heavy (non-hydrogen) atoms. The fourth-order valence-corrected chi connectivity index (χ4v) is 1.04. The Bertz CT molecular complexity index is 336. The second kappa shape index (κ2) is 3.26. The summed E-state index contributed by atoms with van der Waals surface area (Å²) in [6.07, 6.45) is 3.85. The minimum atomic E-state index is -1.08. The van der Waals surface area contributed by atoms with Crippen molar-refractivity contribution in [3.8, 4) is 0 Å². The Balaban J connectivity index is 2.91. The first-order chi connectivity index (χ1) is 6.02. The van der Waals surface area contributed by atoms with Crippen LogP contribution in [0.1, 0.15) is 0 Å². The highest BCUT2D eigenvalue weighted by Gasteiger charge is 2.21. The summed E-state index contributed by atoms with van der Waals surface area (Å²) in [4.78, 5) is 21.0. The number of carbonyl (C=O) groups is 2. The quantitative estimate of drug-likeness (QED) is 0.659. The average molecular weight is 180 g/mol. The number of carboxylic acids is 2. The van der Waals surface area contributed by atoms with Crippen LogP contribution in [0.4, 0.5) is 0 Å². The molecular formula is C9H8O4. The Morgan fingerprint density at radius 2 is 2.00 bits per heavy atom. The largest absolute Gasteiger partial charge is 0.481 e. The van der Waals surface area contributed by atoms with Gasteiger partial charge in [0.05, 0.1) is 11.5 Å². The maximum absolute atomic E-state index is 10.6. The van der Waals surface area contributed by atoms with Crippen molar-refractivity contribution < 1.29 is 19.8 Å². The van der Waals surface area contributed by atoms with E-state index in [1.807, 2.05) is 0 Å². The van der Waals surface area contributed by atoms with E-state index in [4.69, 9.17) is 10.2 Å². The van der Waals surface area contributed by atoms with Gasteiger partial charge in [-0.1, -0.05) is 18.7 Å². The van der Waals surface area contributed by atoms with Crippen molar-refractivity contribution in [1.82, 2.24) is 0 Å². The van der Waals surface area contributed by atoms with Crippen molar-refractivity contribution in [1.29, 1.82) is 0 Å². The Labute approximate surface area is 74.5 Å². The van der Waals surface area contributed by atoms with Crippen LogP contribution in [0, 0.1) is 5.92 Å². The number of allylic oxidation sites excluding steroid dienone is 1. The third-order valence-electron chi connectivity index (χ3n) is 1.72. The highest BCUT2D eigenvalue weighted by molar-refractivity contribution is 5.92. The number of aliphatic carboxylic acids is 2. The first kappa shape index (κ1) is 9.25. The molecule has 0 saturated heterocycles. The fraction of sp³-hybridized carbons (Fsp3) is 0.111. The molecule has 0 radical (unpaired) electrons. The summed E-state index contributed by atoms with van der Waals surface area (Å²) in [5.74, 6) is -2.91. The lowest BCUT2D eigenvalue weighted by Crippen LogP contribution is -2.16. The van der Waals surface area contributed by atoms with Crippen LogP contribution in [0.25, 0.3) is 0 Å². The molecule has 0 amide bonds. The number of hydrogen-bond donors (Lipinski definition) is 2. The average Bonchev–Trinajstić information content (AvgIpc) is 2.03. The summed E-state index contributed by atoms with van der Waals surface area (Å²) >= 11 is 0. The van der Waals surface area contributed by atoms with Gasteiger partial charge in [-0.2, -0.15) is 0 Å². The molecule has 1 atom stereocenters. The van der Waals surface area contributed by atoms with E-state index >= 15 is 0 Å². The lowest BCUT2D eigenvalue weighted by molar-refractivity contribution is -0.139. The van der Waals surface area contributed by atoms with Crippen molar-refractivity contribution in [2.24, 2.45) is 5.92 Å². The molecule has 4 nitrogen and oxygen atoms in total. The predicted octanol–water partition coefficient (Wildman–Crippen LogP) is 0.824. The lowest BCUT2D eigenvalue weighted by atomic mass is 9.92. The minimum absolute atomic E-state index is 0.0579. The van der Waals surface area contributed by atoms with Crippen LogP contribution in [-0.4, -0.2) is 22.2 Å². The van der Waals surface area contributed by atoms with Gasteiger partial charge in [-0.05, 0) is 11.6 Å². The van der Waals surface area contributed by atoms with Crippen LogP contribution in [0.2, 0.25) is 0 Å². The van der Waals surface area contributed by atoms with Crippen molar-refractivity contribution in [3.05, 3.63) is 36.0 Å². The Morgan fingerprint density at radius 3 is 2.38 bits per heavy atom. The monoisotopic (exact) mass is 180 g/mol. The van der Waals surface area contributed by atoms with Crippen LogP contribution in [0.3, 0.4) is 0 Å². The number of rotatable bonds is 2. The summed E-state index contributed by atoms with van der Waals surface area (Å²) < 4.78 is 0. The summed E-state index contributed by atoms with van der Waals surface area (Å²) in [6.45, 7) is 3.48. The molecule has 0 aromatic heterocycles. The second-order valence-corrected chi connectivity index (χ2v) is 2.65. The number of hydrogen-bond acceptors (Lipinski definition) is 2. The maximum Gasteiger partial charge on any atom is 0.335 e. The van der Waals surface area contributed by atoms with Crippen LogP contribution in [0.5, 0.6) is 0 Å². The lowest BCUT2D eigenvalue weighted by Gasteiger charge is -2.12. The van der Waals surface area contributed by atoms with E-state index in [1.165, 1.54) is 18.2 Å². The van der Waals surface area contributed by atoms with E-state index in [2.05, 4.69) is 6.58 Å². The first-order valence-corrected chi connectivity index (χ1v) is 3.57. The van der Waals surface area contributed by atoms with Crippen molar-refractivity contribution in [2.75, 3.05) is 0 Å².